The van der Waals surface area contributed by atoms with Gasteiger partial charge in [-0.1, -0.05) is 24.6 Å². The van der Waals surface area contributed by atoms with Crippen molar-refractivity contribution in [3.63, 3.8) is 0 Å². The fraction of sp³-hybridized carbons (Fsp3) is 0.500. The van der Waals surface area contributed by atoms with Gasteiger partial charge in [-0.3, -0.25) is 4.98 Å². The van der Waals surface area contributed by atoms with Crippen molar-refractivity contribution in [3.8, 4) is 0 Å². The van der Waals surface area contributed by atoms with Crippen molar-refractivity contribution in [2.75, 3.05) is 7.05 Å². The number of fused-ring (bicyclic) bond motifs is 3. The summed E-state index contributed by atoms with van der Waals surface area (Å²) in [5, 5.41) is 13.7. The largest absolute Gasteiger partial charge is 0.385 e. The van der Waals surface area contributed by atoms with E-state index in [1.807, 2.05) is 24.5 Å². The molecule has 21 heavy (non-hydrogen) atoms. The predicted octanol–water partition coefficient (Wildman–Crippen LogP) is 3.07. The van der Waals surface area contributed by atoms with Crippen molar-refractivity contribution in [1.82, 2.24) is 9.88 Å². The van der Waals surface area contributed by atoms with E-state index in [-0.39, 0.29) is 0 Å². The fourth-order valence-electron chi connectivity index (χ4n) is 4.40. The van der Waals surface area contributed by atoms with E-state index < -0.39 is 5.60 Å². The van der Waals surface area contributed by atoms with Gasteiger partial charge in [-0.2, -0.15) is 0 Å². The molecule has 2 bridgehead atoms. The number of pyridine rings is 1. The van der Waals surface area contributed by atoms with E-state index in [1.54, 1.807) is 0 Å². The summed E-state index contributed by atoms with van der Waals surface area (Å²) in [6.45, 7) is 0. The molecule has 3 heteroatoms. The molecule has 0 spiro atoms. The maximum atomic E-state index is 11.4. The summed E-state index contributed by atoms with van der Waals surface area (Å²) in [7, 11) is 2.22. The quantitative estimate of drug-likeness (QED) is 0.873. The molecule has 3 heterocycles. The number of piperidine rings is 2. The van der Waals surface area contributed by atoms with E-state index >= 15 is 0 Å². The minimum absolute atomic E-state index is 0.514. The highest BCUT2D eigenvalue weighted by atomic mass is 16.3. The first kappa shape index (κ1) is 13.2. The van der Waals surface area contributed by atoms with Crippen molar-refractivity contribution in [3.05, 3.63) is 42.2 Å². The van der Waals surface area contributed by atoms with Gasteiger partial charge in [0.1, 0.15) is 0 Å². The topological polar surface area (TPSA) is 36.4 Å². The zero-order valence-electron chi connectivity index (χ0n) is 12.5. The Labute approximate surface area is 125 Å². The zero-order valence-corrected chi connectivity index (χ0v) is 12.5. The van der Waals surface area contributed by atoms with Crippen molar-refractivity contribution >= 4 is 10.8 Å². The molecule has 110 valence electrons. The molecule has 1 N–H and O–H groups in total. The van der Waals surface area contributed by atoms with E-state index in [0.717, 1.165) is 29.2 Å². The Morgan fingerprint density at radius 2 is 1.95 bits per heavy atom. The average Bonchev–Trinajstić information content (AvgIpc) is 2.48. The lowest BCUT2D eigenvalue weighted by Gasteiger charge is -2.51. The Morgan fingerprint density at radius 3 is 2.71 bits per heavy atom. The first-order valence-corrected chi connectivity index (χ1v) is 7.95. The number of hydrogen-bond donors (Lipinski definition) is 1. The van der Waals surface area contributed by atoms with Crippen LogP contribution in [-0.2, 0) is 5.60 Å². The standard InChI is InChI=1S/C18H22N2O/c1-20-14-5-3-6-15(20)11-18(21,10-14)17-7-2-4-13-12-19-9-8-16(13)17/h2,4,7-9,12,14-15,21H,3,5-6,10-11H2,1H3. The van der Waals surface area contributed by atoms with E-state index in [0.29, 0.717) is 12.1 Å². The number of nitrogens with zero attached hydrogens (tertiary/aromatic N) is 2. The molecule has 2 fully saturated rings. The molecule has 0 amide bonds. The van der Waals surface area contributed by atoms with Gasteiger partial charge in [0.05, 0.1) is 5.60 Å². The lowest BCUT2D eigenvalue weighted by molar-refractivity contribution is -0.0866. The Kier molecular flexibility index (Phi) is 3.02. The Balaban J connectivity index is 1.81. The molecular formula is C18H22N2O. The molecule has 0 aliphatic carbocycles. The van der Waals surface area contributed by atoms with Crippen LogP contribution in [0.1, 0.15) is 37.7 Å². The molecule has 2 aromatic rings. The molecular weight excluding hydrogens is 260 g/mol. The molecule has 4 rings (SSSR count). The number of benzene rings is 1. The second-order valence-electron chi connectivity index (χ2n) is 6.75. The highest BCUT2D eigenvalue weighted by Crippen LogP contribution is 2.45. The van der Waals surface area contributed by atoms with Crippen LogP contribution in [0.2, 0.25) is 0 Å². The first-order valence-electron chi connectivity index (χ1n) is 7.95. The van der Waals surface area contributed by atoms with Gasteiger partial charge in [0.25, 0.3) is 0 Å². The van der Waals surface area contributed by atoms with Crippen LogP contribution in [-0.4, -0.2) is 34.1 Å². The SMILES string of the molecule is CN1C2CCCC1CC(O)(c1cccc3cnccc13)C2. The predicted molar refractivity (Wildman–Crippen MR) is 84.1 cm³/mol. The number of aromatic nitrogens is 1. The van der Waals surface area contributed by atoms with Crippen molar-refractivity contribution < 1.29 is 5.11 Å². The van der Waals surface area contributed by atoms with Crippen molar-refractivity contribution in [1.29, 1.82) is 0 Å². The van der Waals surface area contributed by atoms with Crippen LogP contribution in [0.4, 0.5) is 0 Å². The van der Waals surface area contributed by atoms with Crippen molar-refractivity contribution in [2.24, 2.45) is 0 Å². The van der Waals surface area contributed by atoms with Gasteiger partial charge < -0.3 is 10.0 Å². The van der Waals surface area contributed by atoms with Gasteiger partial charge in [0.15, 0.2) is 0 Å². The summed E-state index contributed by atoms with van der Waals surface area (Å²) >= 11 is 0. The van der Waals surface area contributed by atoms with Gasteiger partial charge >= 0.3 is 0 Å². The van der Waals surface area contributed by atoms with Gasteiger partial charge in [0.2, 0.25) is 0 Å². The third-order valence-electron chi connectivity index (χ3n) is 5.56. The highest BCUT2D eigenvalue weighted by molar-refractivity contribution is 5.85. The van der Waals surface area contributed by atoms with E-state index in [4.69, 9.17) is 0 Å². The monoisotopic (exact) mass is 282 g/mol. The van der Waals surface area contributed by atoms with Gasteiger partial charge in [0, 0.05) is 29.9 Å². The van der Waals surface area contributed by atoms with Gasteiger partial charge in [-0.05, 0) is 49.7 Å². The molecule has 2 saturated heterocycles. The van der Waals surface area contributed by atoms with Crippen LogP contribution >= 0.6 is 0 Å². The molecule has 2 aliphatic rings. The summed E-state index contributed by atoms with van der Waals surface area (Å²) in [6.07, 6.45) is 9.13. The Morgan fingerprint density at radius 1 is 1.19 bits per heavy atom. The van der Waals surface area contributed by atoms with Crippen LogP contribution in [0, 0.1) is 0 Å². The molecule has 2 atom stereocenters. The maximum absolute atomic E-state index is 11.4. The summed E-state index contributed by atoms with van der Waals surface area (Å²) in [4.78, 5) is 6.69. The number of hydrogen-bond acceptors (Lipinski definition) is 3. The van der Waals surface area contributed by atoms with Crippen LogP contribution in [0.5, 0.6) is 0 Å². The van der Waals surface area contributed by atoms with E-state index in [1.165, 1.54) is 19.3 Å². The smallest absolute Gasteiger partial charge is 0.0932 e. The van der Waals surface area contributed by atoms with Crippen molar-refractivity contribution in [2.45, 2.75) is 49.8 Å². The molecule has 0 saturated carbocycles. The lowest BCUT2D eigenvalue weighted by atomic mass is 9.72. The molecule has 2 aliphatic heterocycles. The fourth-order valence-corrected chi connectivity index (χ4v) is 4.40. The van der Waals surface area contributed by atoms with E-state index in [2.05, 4.69) is 29.1 Å². The average molecular weight is 282 g/mol. The number of aliphatic hydroxyl groups is 1. The van der Waals surface area contributed by atoms with Gasteiger partial charge in [-0.25, -0.2) is 0 Å². The molecule has 1 aromatic carbocycles. The number of rotatable bonds is 1. The maximum Gasteiger partial charge on any atom is 0.0932 e. The second-order valence-corrected chi connectivity index (χ2v) is 6.75. The first-order chi connectivity index (χ1) is 10.2. The molecule has 2 unspecified atom stereocenters. The lowest BCUT2D eigenvalue weighted by Crippen LogP contribution is -2.55. The van der Waals surface area contributed by atoms with Crippen LogP contribution in [0.3, 0.4) is 0 Å². The molecule has 0 radical (unpaired) electrons. The van der Waals surface area contributed by atoms with Crippen LogP contribution < -0.4 is 0 Å². The zero-order chi connectivity index (χ0) is 14.4. The summed E-state index contributed by atoms with van der Waals surface area (Å²) in [5.74, 6) is 0. The third-order valence-corrected chi connectivity index (χ3v) is 5.56. The second kappa shape index (κ2) is 4.79. The molecule has 3 nitrogen and oxygen atoms in total. The molecule has 1 aromatic heterocycles. The minimum Gasteiger partial charge on any atom is -0.385 e. The van der Waals surface area contributed by atoms with Gasteiger partial charge in [-0.15, -0.1) is 0 Å². The Bertz CT molecular complexity index is 650. The summed E-state index contributed by atoms with van der Waals surface area (Å²) < 4.78 is 0. The van der Waals surface area contributed by atoms with E-state index in [9.17, 15) is 5.11 Å². The minimum atomic E-state index is -0.691. The normalized spacial score (nSPS) is 33.2. The Hall–Kier alpha value is -1.45. The van der Waals surface area contributed by atoms with Crippen LogP contribution in [0.15, 0.2) is 36.7 Å². The summed E-state index contributed by atoms with van der Waals surface area (Å²) in [5.41, 5.74) is 0.399. The highest BCUT2D eigenvalue weighted by Gasteiger charge is 2.45. The summed E-state index contributed by atoms with van der Waals surface area (Å²) in [6, 6.07) is 9.29. The third kappa shape index (κ3) is 2.07. The van der Waals surface area contributed by atoms with Crippen LogP contribution in [0.25, 0.3) is 10.8 Å².